The van der Waals surface area contributed by atoms with Crippen molar-refractivity contribution < 1.29 is 28.6 Å². The van der Waals surface area contributed by atoms with E-state index >= 15 is 0 Å². The third-order valence-corrected chi connectivity index (χ3v) is 11.9. The van der Waals surface area contributed by atoms with Crippen LogP contribution >= 0.6 is 0 Å². The Morgan fingerprint density at radius 3 is 0.952 bits per heavy atom. The predicted molar refractivity (Wildman–Crippen MR) is 266 cm³/mol. The van der Waals surface area contributed by atoms with Gasteiger partial charge in [-0.25, -0.2) is 0 Å². The van der Waals surface area contributed by atoms with Gasteiger partial charge in [-0.1, -0.05) is 231 Å². The highest BCUT2D eigenvalue weighted by Crippen LogP contribution is 2.15. The summed E-state index contributed by atoms with van der Waals surface area (Å²) in [6.07, 6.45) is 59.8. The molecule has 0 radical (unpaired) electrons. The van der Waals surface area contributed by atoms with Crippen LogP contribution in [0.2, 0.25) is 0 Å². The van der Waals surface area contributed by atoms with E-state index in [0.717, 1.165) is 83.5 Å². The Labute approximate surface area is 385 Å². The van der Waals surface area contributed by atoms with E-state index in [1.54, 1.807) is 0 Å². The lowest BCUT2D eigenvalue weighted by atomic mass is 10.0. The molecule has 0 aliphatic carbocycles. The van der Waals surface area contributed by atoms with E-state index in [9.17, 15) is 14.4 Å². The Morgan fingerprint density at radius 1 is 0.323 bits per heavy atom. The average Bonchev–Trinajstić information content (AvgIpc) is 3.27. The first-order valence-corrected chi connectivity index (χ1v) is 27.0. The second-order valence-electron chi connectivity index (χ2n) is 18.1. The molecule has 6 heteroatoms. The lowest BCUT2D eigenvalue weighted by Crippen LogP contribution is -2.30. The molecule has 0 aliphatic heterocycles. The van der Waals surface area contributed by atoms with Gasteiger partial charge >= 0.3 is 17.9 Å². The molecule has 0 aromatic carbocycles. The number of unbranched alkanes of at least 4 members (excludes halogenated alkanes) is 32. The molecular formula is C56H102O6. The summed E-state index contributed by atoms with van der Waals surface area (Å²) in [7, 11) is 0. The minimum atomic E-state index is -0.777. The number of carbonyl (C=O) groups excluding carboxylic acids is 3. The summed E-state index contributed by atoms with van der Waals surface area (Å²) in [5.74, 6) is -0.883. The minimum Gasteiger partial charge on any atom is -0.462 e. The van der Waals surface area contributed by atoms with Gasteiger partial charge in [-0.15, -0.1) is 0 Å². The molecule has 0 amide bonds. The Bertz CT molecular complexity index is 1050. The molecule has 0 fully saturated rings. The molecule has 0 heterocycles. The molecule has 0 rings (SSSR count). The lowest BCUT2D eigenvalue weighted by molar-refractivity contribution is -0.167. The van der Waals surface area contributed by atoms with Gasteiger partial charge in [0.1, 0.15) is 13.2 Å². The van der Waals surface area contributed by atoms with Gasteiger partial charge in [0.25, 0.3) is 0 Å². The minimum absolute atomic E-state index is 0.0762. The second kappa shape index (κ2) is 51.3. The monoisotopic (exact) mass is 871 g/mol. The van der Waals surface area contributed by atoms with Gasteiger partial charge in [-0.05, 0) is 70.6 Å². The SMILES string of the molecule is CCCC/C=C\C/C=C\CCCCCCCC(=O)OC(COC(=O)CCCCCCCCC/C=C\CCCCCCCCC)COC(=O)CCCCCCCCCCCCCC. The van der Waals surface area contributed by atoms with E-state index < -0.39 is 6.10 Å². The fourth-order valence-corrected chi connectivity index (χ4v) is 7.75. The summed E-state index contributed by atoms with van der Waals surface area (Å²) in [4.78, 5) is 38.0. The van der Waals surface area contributed by atoms with Gasteiger partial charge in [-0.2, -0.15) is 0 Å². The molecule has 1 unspecified atom stereocenters. The zero-order valence-electron chi connectivity index (χ0n) is 41.4. The normalized spacial score (nSPS) is 12.2. The average molecular weight is 871 g/mol. The largest absolute Gasteiger partial charge is 0.462 e. The fraction of sp³-hybridized carbons (Fsp3) is 0.839. The standard InChI is InChI=1S/C56H102O6/c1-4-7-10-13-16-19-22-25-27-28-29-30-32-34-37-40-43-46-49-55(58)61-52-53(51-60-54(57)48-45-42-39-36-33-24-21-18-15-12-9-6-3)62-56(59)50-47-44-41-38-35-31-26-23-20-17-14-11-8-5-2/h14,17,23,26-28,53H,4-13,15-16,18-22,24-25,29-52H2,1-3H3/b17-14-,26-23-,28-27-. The van der Waals surface area contributed by atoms with Crippen LogP contribution in [-0.4, -0.2) is 37.2 Å². The highest BCUT2D eigenvalue weighted by molar-refractivity contribution is 5.71. The summed E-state index contributed by atoms with van der Waals surface area (Å²) < 4.78 is 16.8. The molecule has 62 heavy (non-hydrogen) atoms. The van der Waals surface area contributed by atoms with Crippen molar-refractivity contribution in [3.05, 3.63) is 36.5 Å². The van der Waals surface area contributed by atoms with Gasteiger partial charge < -0.3 is 14.2 Å². The van der Waals surface area contributed by atoms with Crippen molar-refractivity contribution in [2.24, 2.45) is 0 Å². The van der Waals surface area contributed by atoms with E-state index in [1.807, 2.05) is 0 Å². The number of hydrogen-bond donors (Lipinski definition) is 0. The quantitative estimate of drug-likeness (QED) is 0.0262. The summed E-state index contributed by atoms with van der Waals surface area (Å²) >= 11 is 0. The van der Waals surface area contributed by atoms with Crippen LogP contribution in [0.25, 0.3) is 0 Å². The van der Waals surface area contributed by atoms with Crippen LogP contribution in [0.4, 0.5) is 0 Å². The lowest BCUT2D eigenvalue weighted by Gasteiger charge is -2.18. The Kier molecular flexibility index (Phi) is 49.3. The molecule has 0 aromatic heterocycles. The van der Waals surface area contributed by atoms with Crippen LogP contribution in [0.3, 0.4) is 0 Å². The van der Waals surface area contributed by atoms with Crippen LogP contribution in [0.5, 0.6) is 0 Å². The molecule has 1 atom stereocenters. The smallest absolute Gasteiger partial charge is 0.306 e. The number of hydrogen-bond acceptors (Lipinski definition) is 6. The molecule has 0 aromatic rings. The van der Waals surface area contributed by atoms with Crippen LogP contribution < -0.4 is 0 Å². The third kappa shape index (κ3) is 48.7. The number of carbonyl (C=O) groups is 3. The Morgan fingerprint density at radius 2 is 0.597 bits per heavy atom. The molecule has 6 nitrogen and oxygen atoms in total. The van der Waals surface area contributed by atoms with Crippen molar-refractivity contribution in [1.82, 2.24) is 0 Å². The first-order chi connectivity index (χ1) is 30.5. The zero-order chi connectivity index (χ0) is 45.1. The predicted octanol–water partition coefficient (Wildman–Crippen LogP) is 17.7. The summed E-state index contributed by atoms with van der Waals surface area (Å²) in [6, 6.07) is 0. The molecular weight excluding hydrogens is 769 g/mol. The molecule has 0 N–H and O–H groups in total. The number of rotatable bonds is 49. The number of ether oxygens (including phenoxy) is 3. The van der Waals surface area contributed by atoms with E-state index in [4.69, 9.17) is 14.2 Å². The summed E-state index contributed by atoms with van der Waals surface area (Å²) in [6.45, 7) is 6.60. The molecule has 0 saturated heterocycles. The Hall–Kier alpha value is -2.37. The van der Waals surface area contributed by atoms with Crippen LogP contribution in [0, 0.1) is 0 Å². The van der Waals surface area contributed by atoms with Crippen molar-refractivity contribution in [3.63, 3.8) is 0 Å². The molecule has 362 valence electrons. The highest BCUT2D eigenvalue weighted by atomic mass is 16.6. The maximum Gasteiger partial charge on any atom is 0.306 e. The van der Waals surface area contributed by atoms with Crippen LogP contribution in [-0.2, 0) is 28.6 Å². The molecule has 0 spiro atoms. The highest BCUT2D eigenvalue weighted by Gasteiger charge is 2.19. The van der Waals surface area contributed by atoms with E-state index in [-0.39, 0.29) is 31.1 Å². The topological polar surface area (TPSA) is 78.9 Å². The maximum atomic E-state index is 12.8. The third-order valence-electron chi connectivity index (χ3n) is 11.9. The number of esters is 3. The fourth-order valence-electron chi connectivity index (χ4n) is 7.75. The van der Waals surface area contributed by atoms with Gasteiger partial charge in [0.15, 0.2) is 6.10 Å². The van der Waals surface area contributed by atoms with Crippen molar-refractivity contribution in [3.8, 4) is 0 Å². The van der Waals surface area contributed by atoms with Crippen LogP contribution in [0.1, 0.15) is 284 Å². The van der Waals surface area contributed by atoms with Crippen molar-refractivity contribution in [2.75, 3.05) is 13.2 Å². The van der Waals surface area contributed by atoms with Gasteiger partial charge in [0.05, 0.1) is 0 Å². The first-order valence-electron chi connectivity index (χ1n) is 27.0. The van der Waals surface area contributed by atoms with Crippen LogP contribution in [0.15, 0.2) is 36.5 Å². The number of allylic oxidation sites excluding steroid dienone is 6. The molecule has 0 bridgehead atoms. The van der Waals surface area contributed by atoms with E-state index in [1.165, 1.54) is 161 Å². The summed E-state index contributed by atoms with van der Waals surface area (Å²) in [5, 5.41) is 0. The van der Waals surface area contributed by atoms with Crippen molar-refractivity contribution >= 4 is 17.9 Å². The molecule has 0 saturated carbocycles. The van der Waals surface area contributed by atoms with E-state index in [2.05, 4.69) is 57.2 Å². The van der Waals surface area contributed by atoms with Gasteiger partial charge in [0, 0.05) is 19.3 Å². The van der Waals surface area contributed by atoms with E-state index in [0.29, 0.717) is 19.3 Å². The van der Waals surface area contributed by atoms with Crippen molar-refractivity contribution in [1.29, 1.82) is 0 Å². The molecule has 0 aliphatic rings. The van der Waals surface area contributed by atoms with Gasteiger partial charge in [-0.3, -0.25) is 14.4 Å². The second-order valence-corrected chi connectivity index (χ2v) is 18.1. The first kappa shape index (κ1) is 59.6. The van der Waals surface area contributed by atoms with Crippen molar-refractivity contribution in [2.45, 2.75) is 290 Å². The van der Waals surface area contributed by atoms with Gasteiger partial charge in [0.2, 0.25) is 0 Å². The summed E-state index contributed by atoms with van der Waals surface area (Å²) in [5.41, 5.74) is 0. The Balaban J connectivity index is 4.35. The maximum absolute atomic E-state index is 12.8. The zero-order valence-corrected chi connectivity index (χ0v) is 41.4.